The van der Waals surface area contributed by atoms with Gasteiger partial charge in [-0.1, -0.05) is 78.9 Å². The molecule has 4 aromatic rings. The van der Waals surface area contributed by atoms with Gasteiger partial charge in [-0.2, -0.15) is 5.10 Å². The van der Waals surface area contributed by atoms with Crippen molar-refractivity contribution in [2.24, 2.45) is 0 Å². The van der Waals surface area contributed by atoms with Crippen molar-refractivity contribution in [2.45, 2.75) is 25.6 Å². The van der Waals surface area contributed by atoms with Gasteiger partial charge in [0.05, 0.1) is 11.9 Å². The zero-order valence-corrected chi connectivity index (χ0v) is 18.4. The highest BCUT2D eigenvalue weighted by molar-refractivity contribution is 6.04. The van der Waals surface area contributed by atoms with Gasteiger partial charge >= 0.3 is 0 Å². The molecule has 0 bridgehead atoms. The fourth-order valence-electron chi connectivity index (χ4n) is 4.46. The fourth-order valence-corrected chi connectivity index (χ4v) is 4.46. The molecule has 1 saturated heterocycles. The molecule has 1 amide bonds. The van der Waals surface area contributed by atoms with Gasteiger partial charge in [0.15, 0.2) is 5.69 Å². The minimum Gasteiger partial charge on any atom is -0.347 e. The van der Waals surface area contributed by atoms with Gasteiger partial charge in [-0.15, -0.1) is 0 Å². The lowest BCUT2D eigenvalue weighted by Crippen LogP contribution is -2.38. The number of carbonyl (C=O) groups is 1. The first kappa shape index (κ1) is 21.1. The molecule has 0 saturated carbocycles. The number of rotatable bonds is 6. The van der Waals surface area contributed by atoms with Crippen LogP contribution in [0.25, 0.3) is 10.8 Å². The second kappa shape index (κ2) is 9.38. The number of hydrogen-bond acceptors (Lipinski definition) is 4. The zero-order valence-electron chi connectivity index (χ0n) is 18.4. The normalized spacial score (nSPS) is 16.2. The lowest BCUT2D eigenvalue weighted by molar-refractivity contribution is 0.0932. The van der Waals surface area contributed by atoms with Crippen molar-refractivity contribution in [1.29, 1.82) is 0 Å². The summed E-state index contributed by atoms with van der Waals surface area (Å²) in [6.45, 7) is 2.92. The van der Waals surface area contributed by atoms with Gasteiger partial charge in [-0.05, 0) is 23.6 Å². The molecule has 0 radical (unpaired) electrons. The van der Waals surface area contributed by atoms with Crippen molar-refractivity contribution in [1.82, 2.24) is 20.0 Å². The van der Waals surface area contributed by atoms with Crippen LogP contribution in [0.4, 0.5) is 0 Å². The molecule has 1 aliphatic heterocycles. The van der Waals surface area contributed by atoms with Gasteiger partial charge in [0.25, 0.3) is 11.5 Å². The van der Waals surface area contributed by atoms with E-state index < -0.39 is 0 Å². The van der Waals surface area contributed by atoms with Gasteiger partial charge in [-0.25, -0.2) is 4.68 Å². The second-order valence-corrected chi connectivity index (χ2v) is 8.52. The molecular formula is C27H26N4O2. The van der Waals surface area contributed by atoms with E-state index in [0.29, 0.717) is 23.0 Å². The van der Waals surface area contributed by atoms with E-state index in [2.05, 4.69) is 27.4 Å². The zero-order chi connectivity index (χ0) is 22.6. The fraction of sp³-hybridized carbons (Fsp3) is 0.222. The van der Waals surface area contributed by atoms with Crippen molar-refractivity contribution in [3.63, 3.8) is 0 Å². The summed E-state index contributed by atoms with van der Waals surface area (Å²) in [5.41, 5.74) is 2.33. The second-order valence-electron chi connectivity index (χ2n) is 8.52. The summed E-state index contributed by atoms with van der Waals surface area (Å²) >= 11 is 0. The molecular weight excluding hydrogens is 412 g/mol. The first-order valence-corrected chi connectivity index (χ1v) is 11.3. The number of hydrogen-bond donors (Lipinski definition) is 1. The molecule has 1 atom stereocenters. The highest BCUT2D eigenvalue weighted by Crippen LogP contribution is 2.17. The quantitative estimate of drug-likeness (QED) is 0.501. The van der Waals surface area contributed by atoms with E-state index in [9.17, 15) is 9.59 Å². The Balaban J connectivity index is 1.37. The lowest BCUT2D eigenvalue weighted by atomic mass is 10.1. The molecule has 1 fully saturated rings. The predicted molar refractivity (Wildman–Crippen MR) is 129 cm³/mol. The Morgan fingerprint density at radius 2 is 1.45 bits per heavy atom. The number of nitrogens with one attached hydrogen (secondary N) is 1. The summed E-state index contributed by atoms with van der Waals surface area (Å²) in [6.07, 6.45) is 0.889. The number of amides is 1. The van der Waals surface area contributed by atoms with Crippen LogP contribution in [-0.4, -0.2) is 39.7 Å². The van der Waals surface area contributed by atoms with Crippen LogP contribution in [0.2, 0.25) is 0 Å². The monoisotopic (exact) mass is 438 g/mol. The summed E-state index contributed by atoms with van der Waals surface area (Å²) in [7, 11) is 0. The van der Waals surface area contributed by atoms with Crippen LogP contribution in [0.15, 0.2) is 89.7 Å². The summed E-state index contributed by atoms with van der Waals surface area (Å²) < 4.78 is 1.39. The van der Waals surface area contributed by atoms with Crippen molar-refractivity contribution in [3.05, 3.63) is 112 Å². The van der Waals surface area contributed by atoms with Crippen molar-refractivity contribution in [2.75, 3.05) is 13.1 Å². The SMILES string of the molecule is O=C(NC1CCN(Cc2ccccc2)C1)c1nn(Cc2ccccc2)c(=O)c2ccccc12. The largest absolute Gasteiger partial charge is 0.347 e. The molecule has 1 aromatic heterocycles. The summed E-state index contributed by atoms with van der Waals surface area (Å²) in [4.78, 5) is 28.7. The highest BCUT2D eigenvalue weighted by Gasteiger charge is 2.26. The van der Waals surface area contributed by atoms with Gasteiger partial charge in [0, 0.05) is 31.1 Å². The lowest BCUT2D eigenvalue weighted by Gasteiger charge is -2.17. The third kappa shape index (κ3) is 4.71. The van der Waals surface area contributed by atoms with E-state index in [0.717, 1.165) is 31.6 Å². The summed E-state index contributed by atoms with van der Waals surface area (Å²) in [6, 6.07) is 27.3. The van der Waals surface area contributed by atoms with Gasteiger partial charge in [0.2, 0.25) is 0 Å². The molecule has 6 heteroatoms. The minimum absolute atomic E-state index is 0.0521. The molecule has 5 rings (SSSR count). The average molecular weight is 439 g/mol. The van der Waals surface area contributed by atoms with E-state index in [4.69, 9.17) is 0 Å². The summed E-state index contributed by atoms with van der Waals surface area (Å²) in [5.74, 6) is -0.237. The standard InChI is InChI=1S/C27H26N4O2/c32-26(28-22-15-16-30(19-22)17-20-9-3-1-4-10-20)25-23-13-7-8-14-24(23)27(33)31(29-25)18-21-11-5-2-6-12-21/h1-14,22H,15-19H2,(H,28,32). The van der Waals surface area contributed by atoms with E-state index in [1.165, 1.54) is 10.2 Å². The first-order chi connectivity index (χ1) is 16.2. The van der Waals surface area contributed by atoms with Crippen LogP contribution in [0.3, 0.4) is 0 Å². The van der Waals surface area contributed by atoms with Gasteiger partial charge < -0.3 is 5.32 Å². The number of aromatic nitrogens is 2. The highest BCUT2D eigenvalue weighted by atomic mass is 16.2. The minimum atomic E-state index is -0.237. The van der Waals surface area contributed by atoms with Crippen LogP contribution in [0, 0.1) is 0 Å². The van der Waals surface area contributed by atoms with Crippen LogP contribution < -0.4 is 10.9 Å². The topological polar surface area (TPSA) is 67.2 Å². The number of carbonyl (C=O) groups excluding carboxylic acids is 1. The van der Waals surface area contributed by atoms with Gasteiger partial charge in [0.1, 0.15) is 0 Å². The van der Waals surface area contributed by atoms with Crippen LogP contribution in [0.5, 0.6) is 0 Å². The summed E-state index contributed by atoms with van der Waals surface area (Å²) in [5, 5.41) is 8.75. The Morgan fingerprint density at radius 3 is 2.15 bits per heavy atom. The third-order valence-electron chi connectivity index (χ3n) is 6.11. The molecule has 0 spiro atoms. The number of nitrogens with zero attached hydrogens (tertiary/aromatic N) is 3. The van der Waals surface area contributed by atoms with Crippen molar-refractivity contribution in [3.8, 4) is 0 Å². The molecule has 1 unspecified atom stereocenters. The Labute approximate surface area is 192 Å². The van der Waals surface area contributed by atoms with E-state index in [-0.39, 0.29) is 17.5 Å². The van der Waals surface area contributed by atoms with Crippen molar-refractivity contribution < 1.29 is 4.79 Å². The Morgan fingerprint density at radius 1 is 0.848 bits per heavy atom. The molecule has 2 heterocycles. The average Bonchev–Trinajstić information content (AvgIpc) is 3.28. The molecule has 1 N–H and O–H groups in total. The number of benzene rings is 3. The first-order valence-electron chi connectivity index (χ1n) is 11.3. The number of fused-ring (bicyclic) bond motifs is 1. The molecule has 3 aromatic carbocycles. The Hall–Kier alpha value is -3.77. The van der Waals surface area contributed by atoms with Gasteiger partial charge in [-0.3, -0.25) is 14.5 Å². The van der Waals surface area contributed by atoms with Crippen LogP contribution in [-0.2, 0) is 13.1 Å². The maximum absolute atomic E-state index is 13.3. The van der Waals surface area contributed by atoms with Crippen LogP contribution in [0.1, 0.15) is 28.0 Å². The van der Waals surface area contributed by atoms with Crippen molar-refractivity contribution >= 4 is 16.7 Å². The number of likely N-dealkylation sites (tertiary alicyclic amines) is 1. The molecule has 1 aliphatic rings. The third-order valence-corrected chi connectivity index (χ3v) is 6.11. The van der Waals surface area contributed by atoms with E-state index in [1.807, 2.05) is 60.7 Å². The molecule has 33 heavy (non-hydrogen) atoms. The Kier molecular flexibility index (Phi) is 6.00. The Bertz CT molecular complexity index is 1320. The smallest absolute Gasteiger partial charge is 0.274 e. The molecule has 6 nitrogen and oxygen atoms in total. The van der Waals surface area contributed by atoms with Crippen LogP contribution >= 0.6 is 0 Å². The maximum atomic E-state index is 13.3. The van der Waals surface area contributed by atoms with E-state index in [1.54, 1.807) is 12.1 Å². The molecule has 166 valence electrons. The predicted octanol–water partition coefficient (Wildman–Crippen LogP) is 3.45. The molecule has 0 aliphatic carbocycles. The maximum Gasteiger partial charge on any atom is 0.274 e. The van der Waals surface area contributed by atoms with E-state index >= 15 is 0 Å².